The Balaban J connectivity index is 1.92. The maximum absolute atomic E-state index is 13.1. The monoisotopic (exact) mass is 432 g/mol. The first-order chi connectivity index (χ1) is 15.3. The number of pyridine rings is 1. The van der Waals surface area contributed by atoms with Gasteiger partial charge in [-0.25, -0.2) is 0 Å². The molecule has 32 heavy (non-hydrogen) atoms. The van der Waals surface area contributed by atoms with Crippen LogP contribution < -0.4 is 10.9 Å². The Bertz CT molecular complexity index is 1160. The second kappa shape index (κ2) is 10.2. The van der Waals surface area contributed by atoms with Crippen LogP contribution in [0.25, 0.3) is 0 Å². The van der Waals surface area contributed by atoms with Crippen molar-refractivity contribution in [3.63, 3.8) is 0 Å². The van der Waals surface area contributed by atoms with Gasteiger partial charge in [0.25, 0.3) is 5.91 Å². The maximum Gasteiger partial charge on any atom is 0.251 e. The Morgan fingerprint density at radius 3 is 2.28 bits per heavy atom. The molecule has 2 unspecified atom stereocenters. The highest BCUT2D eigenvalue weighted by molar-refractivity contribution is 5.97. The average Bonchev–Trinajstić information content (AvgIpc) is 2.79. The van der Waals surface area contributed by atoms with Crippen LogP contribution in [0, 0.1) is 6.92 Å². The largest absolute Gasteiger partial charge is 0.394 e. The SMILES string of the molecule is Cc1ccccc1C(CC(=O)c1ccc(=O)n(C)c1)c1ccc(C(=O)NC(C)CO)cc1. The number of carbonyl (C=O) groups is 2. The van der Waals surface area contributed by atoms with E-state index in [1.165, 1.54) is 10.6 Å². The summed E-state index contributed by atoms with van der Waals surface area (Å²) < 4.78 is 1.40. The standard InChI is InChI=1S/C26H28N2O4/c1-17-6-4-5-7-22(17)23(14-24(30)21-12-13-25(31)28(3)15-21)19-8-10-20(11-9-19)26(32)27-18(2)16-29/h4-13,15,18,23,29H,14,16H2,1-3H3,(H,27,32). The van der Waals surface area contributed by atoms with Crippen LogP contribution in [-0.2, 0) is 7.05 Å². The summed E-state index contributed by atoms with van der Waals surface area (Å²) in [6.07, 6.45) is 1.80. The quantitative estimate of drug-likeness (QED) is 0.535. The summed E-state index contributed by atoms with van der Waals surface area (Å²) in [6.45, 7) is 3.61. The van der Waals surface area contributed by atoms with Crippen molar-refractivity contribution in [2.45, 2.75) is 32.2 Å². The topological polar surface area (TPSA) is 88.4 Å². The minimum atomic E-state index is -0.332. The zero-order valence-electron chi connectivity index (χ0n) is 18.5. The van der Waals surface area contributed by atoms with Crippen molar-refractivity contribution < 1.29 is 14.7 Å². The fraction of sp³-hybridized carbons (Fsp3) is 0.269. The van der Waals surface area contributed by atoms with Crippen molar-refractivity contribution in [2.24, 2.45) is 7.05 Å². The van der Waals surface area contributed by atoms with Crippen molar-refractivity contribution in [1.82, 2.24) is 9.88 Å². The van der Waals surface area contributed by atoms with E-state index in [2.05, 4.69) is 5.32 Å². The number of aliphatic hydroxyl groups is 1. The number of aromatic nitrogens is 1. The van der Waals surface area contributed by atoms with Crippen LogP contribution in [0.4, 0.5) is 0 Å². The molecule has 1 heterocycles. The van der Waals surface area contributed by atoms with Crippen LogP contribution >= 0.6 is 0 Å². The molecule has 0 saturated carbocycles. The fourth-order valence-electron chi connectivity index (χ4n) is 3.67. The molecule has 3 aromatic rings. The van der Waals surface area contributed by atoms with Gasteiger partial charge in [0, 0.05) is 48.8 Å². The molecule has 6 nitrogen and oxygen atoms in total. The minimum Gasteiger partial charge on any atom is -0.394 e. The molecule has 0 spiro atoms. The lowest BCUT2D eigenvalue weighted by Gasteiger charge is -2.20. The first kappa shape index (κ1) is 23.2. The molecule has 1 aromatic heterocycles. The number of rotatable bonds is 8. The van der Waals surface area contributed by atoms with Crippen LogP contribution in [0.2, 0.25) is 0 Å². The second-order valence-electron chi connectivity index (χ2n) is 8.08. The summed E-state index contributed by atoms with van der Waals surface area (Å²) in [7, 11) is 1.62. The number of nitrogens with zero attached hydrogens (tertiary/aromatic N) is 1. The summed E-state index contributed by atoms with van der Waals surface area (Å²) in [5.74, 6) is -0.520. The second-order valence-corrected chi connectivity index (χ2v) is 8.08. The van der Waals surface area contributed by atoms with Gasteiger partial charge in [-0.05, 0) is 48.7 Å². The molecule has 0 bridgehead atoms. The molecule has 0 radical (unpaired) electrons. The summed E-state index contributed by atoms with van der Waals surface area (Å²) >= 11 is 0. The summed E-state index contributed by atoms with van der Waals surface area (Å²) in [6, 6.07) is 17.8. The summed E-state index contributed by atoms with van der Waals surface area (Å²) in [5.41, 5.74) is 3.84. The van der Waals surface area contributed by atoms with E-state index in [1.54, 1.807) is 38.4 Å². The third kappa shape index (κ3) is 5.39. The van der Waals surface area contributed by atoms with Crippen LogP contribution in [0.1, 0.15) is 56.7 Å². The highest BCUT2D eigenvalue weighted by atomic mass is 16.3. The molecule has 0 fully saturated rings. The van der Waals surface area contributed by atoms with Gasteiger partial charge in [-0.1, -0.05) is 36.4 Å². The number of hydrogen-bond acceptors (Lipinski definition) is 4. The predicted octanol–water partition coefficient (Wildman–Crippen LogP) is 3.21. The van der Waals surface area contributed by atoms with Gasteiger partial charge >= 0.3 is 0 Å². The van der Waals surface area contributed by atoms with Gasteiger partial charge < -0.3 is 15.0 Å². The van der Waals surface area contributed by atoms with Crippen LogP contribution in [0.15, 0.2) is 71.7 Å². The number of ketones is 1. The van der Waals surface area contributed by atoms with Crippen molar-refractivity contribution in [3.8, 4) is 0 Å². The van der Waals surface area contributed by atoms with Crippen molar-refractivity contribution >= 4 is 11.7 Å². The van der Waals surface area contributed by atoms with E-state index in [4.69, 9.17) is 5.11 Å². The Labute approximate surface area is 187 Å². The van der Waals surface area contributed by atoms with Crippen LogP contribution in [0.3, 0.4) is 0 Å². The van der Waals surface area contributed by atoms with E-state index >= 15 is 0 Å². The third-order valence-electron chi connectivity index (χ3n) is 5.59. The Hall–Kier alpha value is -3.51. The number of benzene rings is 2. The zero-order chi connectivity index (χ0) is 23.3. The minimum absolute atomic E-state index is 0.0626. The zero-order valence-corrected chi connectivity index (χ0v) is 18.5. The Morgan fingerprint density at radius 1 is 1.00 bits per heavy atom. The van der Waals surface area contributed by atoms with Gasteiger partial charge in [-0.2, -0.15) is 0 Å². The van der Waals surface area contributed by atoms with Crippen LogP contribution in [-0.4, -0.2) is 34.0 Å². The molecule has 1 amide bonds. The Kier molecular flexibility index (Phi) is 7.38. The van der Waals surface area contributed by atoms with Gasteiger partial charge in [0.2, 0.25) is 5.56 Å². The smallest absolute Gasteiger partial charge is 0.251 e. The third-order valence-corrected chi connectivity index (χ3v) is 5.59. The molecule has 0 saturated heterocycles. The van der Waals surface area contributed by atoms with Gasteiger partial charge in [-0.3, -0.25) is 14.4 Å². The molecule has 0 aliphatic heterocycles. The summed E-state index contributed by atoms with van der Waals surface area (Å²) in [4.78, 5) is 37.1. The van der Waals surface area contributed by atoms with Gasteiger partial charge in [-0.15, -0.1) is 0 Å². The van der Waals surface area contributed by atoms with E-state index in [-0.39, 0.29) is 42.2 Å². The van der Waals surface area contributed by atoms with Gasteiger partial charge in [0.05, 0.1) is 6.61 Å². The number of carbonyl (C=O) groups excluding carboxylic acids is 2. The molecule has 2 aromatic carbocycles. The highest BCUT2D eigenvalue weighted by Gasteiger charge is 2.21. The van der Waals surface area contributed by atoms with E-state index in [1.807, 2.05) is 43.3 Å². The van der Waals surface area contributed by atoms with Crippen molar-refractivity contribution in [3.05, 3.63) is 105 Å². The number of hydrogen-bond donors (Lipinski definition) is 2. The average molecular weight is 433 g/mol. The molecule has 0 aliphatic carbocycles. The number of amides is 1. The molecule has 6 heteroatoms. The van der Waals surface area contributed by atoms with Crippen molar-refractivity contribution in [1.29, 1.82) is 0 Å². The molecular formula is C26H28N2O4. The Morgan fingerprint density at radius 2 is 1.66 bits per heavy atom. The fourth-order valence-corrected chi connectivity index (χ4v) is 3.67. The lowest BCUT2D eigenvalue weighted by Crippen LogP contribution is -2.34. The first-order valence-corrected chi connectivity index (χ1v) is 10.6. The molecular weight excluding hydrogens is 404 g/mol. The highest BCUT2D eigenvalue weighted by Crippen LogP contribution is 2.31. The number of Topliss-reactive ketones (excluding diaryl/α,β-unsaturated/α-hetero) is 1. The predicted molar refractivity (Wildman–Crippen MR) is 124 cm³/mol. The first-order valence-electron chi connectivity index (χ1n) is 10.6. The van der Waals surface area contributed by atoms with E-state index in [9.17, 15) is 14.4 Å². The van der Waals surface area contributed by atoms with Gasteiger partial charge in [0.1, 0.15) is 0 Å². The molecule has 0 aliphatic rings. The molecule has 2 atom stereocenters. The lowest BCUT2D eigenvalue weighted by molar-refractivity contribution is 0.0921. The normalized spacial score (nSPS) is 12.8. The maximum atomic E-state index is 13.1. The number of aliphatic hydroxyl groups excluding tert-OH is 1. The number of nitrogens with one attached hydrogen (secondary N) is 1. The lowest BCUT2D eigenvalue weighted by atomic mass is 9.83. The van der Waals surface area contributed by atoms with Crippen molar-refractivity contribution in [2.75, 3.05) is 6.61 Å². The van der Waals surface area contributed by atoms with E-state index < -0.39 is 0 Å². The molecule has 3 rings (SSSR count). The van der Waals surface area contributed by atoms with Crippen LogP contribution in [0.5, 0.6) is 0 Å². The molecule has 2 N–H and O–H groups in total. The van der Waals surface area contributed by atoms with E-state index in [0.717, 1.165) is 16.7 Å². The van der Waals surface area contributed by atoms with E-state index in [0.29, 0.717) is 11.1 Å². The van der Waals surface area contributed by atoms with Gasteiger partial charge in [0.15, 0.2) is 5.78 Å². The molecule has 166 valence electrons. The number of aryl methyl sites for hydroxylation is 2. The summed E-state index contributed by atoms with van der Waals surface area (Å²) in [5, 5.41) is 11.9.